The number of nitrogens with zero attached hydrogens (tertiary/aromatic N) is 1. The van der Waals surface area contributed by atoms with E-state index in [2.05, 4.69) is 40.9 Å². The maximum absolute atomic E-state index is 12.5. The minimum atomic E-state index is -0.0508. The zero-order chi connectivity index (χ0) is 12.8. The summed E-state index contributed by atoms with van der Waals surface area (Å²) in [5, 5.41) is 7.82. The highest BCUT2D eigenvalue weighted by atomic mass is 32.1. The Hall–Kier alpha value is -0.870. The van der Waals surface area contributed by atoms with Gasteiger partial charge in [0.1, 0.15) is 0 Å². The van der Waals surface area contributed by atoms with E-state index in [4.69, 9.17) is 0 Å². The molecule has 0 aromatic carbocycles. The molecule has 0 spiro atoms. The Labute approximate surface area is 112 Å². The number of hydrogen-bond donors (Lipinski definition) is 1. The molecule has 18 heavy (non-hydrogen) atoms. The molecule has 1 N–H and O–H groups in total. The summed E-state index contributed by atoms with van der Waals surface area (Å²) in [6.45, 7) is 5.94. The lowest BCUT2D eigenvalue weighted by Gasteiger charge is -2.40. The SMILES string of the molecule is C[C@@H]1CN[C@@H](c2ccsc2)CN1C(=O)C1(C)CC1. The minimum Gasteiger partial charge on any atom is -0.336 e. The zero-order valence-corrected chi connectivity index (χ0v) is 11.8. The fraction of sp³-hybridized carbons (Fsp3) is 0.643. The summed E-state index contributed by atoms with van der Waals surface area (Å²) in [6.07, 6.45) is 2.12. The van der Waals surface area contributed by atoms with Gasteiger partial charge in [-0.05, 0) is 42.2 Å². The number of amides is 1. The van der Waals surface area contributed by atoms with Gasteiger partial charge in [-0.1, -0.05) is 6.92 Å². The minimum absolute atomic E-state index is 0.0508. The van der Waals surface area contributed by atoms with E-state index in [9.17, 15) is 4.79 Å². The van der Waals surface area contributed by atoms with Crippen LogP contribution in [-0.4, -0.2) is 29.9 Å². The summed E-state index contributed by atoms with van der Waals surface area (Å²) in [5.74, 6) is 0.358. The van der Waals surface area contributed by atoms with Gasteiger partial charge in [-0.25, -0.2) is 0 Å². The summed E-state index contributed by atoms with van der Waals surface area (Å²) >= 11 is 1.72. The van der Waals surface area contributed by atoms with Crippen molar-refractivity contribution < 1.29 is 4.79 Å². The number of hydrogen-bond acceptors (Lipinski definition) is 3. The quantitative estimate of drug-likeness (QED) is 0.889. The molecule has 1 aromatic rings. The lowest BCUT2D eigenvalue weighted by molar-refractivity contribution is -0.140. The molecule has 3 nitrogen and oxygen atoms in total. The highest BCUT2D eigenvalue weighted by Gasteiger charge is 2.48. The average Bonchev–Trinajstić information content (AvgIpc) is 2.92. The summed E-state index contributed by atoms with van der Waals surface area (Å²) in [4.78, 5) is 14.6. The van der Waals surface area contributed by atoms with E-state index < -0.39 is 0 Å². The Kier molecular flexibility index (Phi) is 2.94. The summed E-state index contributed by atoms with van der Waals surface area (Å²) in [6, 6.07) is 2.77. The maximum Gasteiger partial charge on any atom is 0.228 e. The monoisotopic (exact) mass is 264 g/mol. The predicted molar refractivity (Wildman–Crippen MR) is 73.6 cm³/mol. The lowest BCUT2D eigenvalue weighted by atomic mass is 10.0. The predicted octanol–water partition coefficient (Wildman–Crippen LogP) is 2.41. The van der Waals surface area contributed by atoms with Crippen LogP contribution in [0.15, 0.2) is 16.8 Å². The Bertz CT molecular complexity index is 439. The fourth-order valence-electron chi connectivity index (χ4n) is 2.59. The number of carbonyl (C=O) groups is 1. The van der Waals surface area contributed by atoms with E-state index >= 15 is 0 Å². The van der Waals surface area contributed by atoms with Gasteiger partial charge >= 0.3 is 0 Å². The van der Waals surface area contributed by atoms with Crippen molar-refractivity contribution in [1.82, 2.24) is 10.2 Å². The third-order valence-electron chi connectivity index (χ3n) is 4.29. The Morgan fingerprint density at radius 1 is 1.56 bits per heavy atom. The first-order valence-corrected chi connectivity index (χ1v) is 7.61. The van der Waals surface area contributed by atoms with Gasteiger partial charge in [-0.3, -0.25) is 4.79 Å². The number of thiophene rings is 1. The number of nitrogens with one attached hydrogen (secondary N) is 1. The highest BCUT2D eigenvalue weighted by Crippen LogP contribution is 2.47. The van der Waals surface area contributed by atoms with Gasteiger partial charge in [0, 0.05) is 24.5 Å². The largest absolute Gasteiger partial charge is 0.336 e. The molecule has 0 radical (unpaired) electrons. The molecule has 1 aliphatic carbocycles. The van der Waals surface area contributed by atoms with Crippen molar-refractivity contribution in [2.75, 3.05) is 13.1 Å². The molecule has 2 fully saturated rings. The second kappa shape index (κ2) is 4.35. The number of rotatable bonds is 2. The van der Waals surface area contributed by atoms with Crippen LogP contribution in [0.25, 0.3) is 0 Å². The molecule has 1 amide bonds. The van der Waals surface area contributed by atoms with Crippen LogP contribution in [0.5, 0.6) is 0 Å². The molecule has 1 saturated heterocycles. The smallest absolute Gasteiger partial charge is 0.228 e. The van der Waals surface area contributed by atoms with Gasteiger partial charge in [0.2, 0.25) is 5.91 Å². The van der Waals surface area contributed by atoms with Crippen molar-refractivity contribution in [2.45, 2.75) is 38.8 Å². The second-order valence-corrected chi connectivity index (χ2v) is 6.66. The van der Waals surface area contributed by atoms with E-state index in [0.717, 1.165) is 25.9 Å². The molecule has 3 rings (SSSR count). The molecule has 1 aliphatic heterocycles. The van der Waals surface area contributed by atoms with Crippen LogP contribution in [0.1, 0.15) is 38.3 Å². The standard InChI is InChI=1S/C14H20N2OS/c1-10-7-15-12(11-3-6-18-9-11)8-16(10)13(17)14(2)4-5-14/h3,6,9-10,12,15H,4-5,7-8H2,1-2H3/t10-,12-/m1/s1. The first-order valence-electron chi connectivity index (χ1n) is 6.67. The second-order valence-electron chi connectivity index (χ2n) is 5.88. The van der Waals surface area contributed by atoms with Crippen molar-refractivity contribution >= 4 is 17.2 Å². The summed E-state index contributed by atoms with van der Waals surface area (Å²) < 4.78 is 0. The van der Waals surface area contributed by atoms with Crippen molar-refractivity contribution in [1.29, 1.82) is 0 Å². The lowest BCUT2D eigenvalue weighted by Crippen LogP contribution is -2.55. The van der Waals surface area contributed by atoms with E-state index in [1.807, 2.05) is 0 Å². The van der Waals surface area contributed by atoms with Gasteiger partial charge in [0.25, 0.3) is 0 Å². The van der Waals surface area contributed by atoms with Crippen LogP contribution in [0, 0.1) is 5.41 Å². The van der Waals surface area contributed by atoms with E-state index in [1.165, 1.54) is 5.56 Å². The molecular formula is C14H20N2OS. The van der Waals surface area contributed by atoms with E-state index in [1.54, 1.807) is 11.3 Å². The Morgan fingerprint density at radius 3 is 2.94 bits per heavy atom. The third kappa shape index (κ3) is 2.08. The molecule has 2 heterocycles. The highest BCUT2D eigenvalue weighted by molar-refractivity contribution is 7.07. The molecule has 0 bridgehead atoms. The van der Waals surface area contributed by atoms with E-state index in [0.29, 0.717) is 18.0 Å². The van der Waals surface area contributed by atoms with Gasteiger partial charge in [0.15, 0.2) is 0 Å². The average molecular weight is 264 g/mol. The zero-order valence-electron chi connectivity index (χ0n) is 11.0. The molecule has 1 aromatic heterocycles. The van der Waals surface area contributed by atoms with Gasteiger partial charge in [-0.15, -0.1) is 0 Å². The molecule has 0 unspecified atom stereocenters. The van der Waals surface area contributed by atoms with Crippen LogP contribution >= 0.6 is 11.3 Å². The topological polar surface area (TPSA) is 32.3 Å². The van der Waals surface area contributed by atoms with Crippen molar-refractivity contribution in [3.8, 4) is 0 Å². The van der Waals surface area contributed by atoms with Crippen LogP contribution in [0.4, 0.5) is 0 Å². The molecule has 4 heteroatoms. The van der Waals surface area contributed by atoms with Crippen LogP contribution in [0.3, 0.4) is 0 Å². The summed E-state index contributed by atoms with van der Waals surface area (Å²) in [7, 11) is 0. The first kappa shape index (κ1) is 12.2. The van der Waals surface area contributed by atoms with Crippen molar-refractivity contribution in [2.24, 2.45) is 5.41 Å². The molecule has 1 saturated carbocycles. The fourth-order valence-corrected chi connectivity index (χ4v) is 3.31. The molecule has 2 aliphatic rings. The van der Waals surface area contributed by atoms with Crippen LogP contribution in [0.2, 0.25) is 0 Å². The van der Waals surface area contributed by atoms with Gasteiger partial charge < -0.3 is 10.2 Å². The van der Waals surface area contributed by atoms with Crippen LogP contribution < -0.4 is 5.32 Å². The van der Waals surface area contributed by atoms with Crippen LogP contribution in [-0.2, 0) is 4.79 Å². The van der Waals surface area contributed by atoms with Crippen molar-refractivity contribution in [3.05, 3.63) is 22.4 Å². The van der Waals surface area contributed by atoms with E-state index in [-0.39, 0.29) is 5.41 Å². The normalized spacial score (nSPS) is 30.2. The molecular weight excluding hydrogens is 244 g/mol. The molecule has 2 atom stereocenters. The first-order chi connectivity index (χ1) is 8.60. The third-order valence-corrected chi connectivity index (χ3v) is 5.00. The molecule has 98 valence electrons. The van der Waals surface area contributed by atoms with Gasteiger partial charge in [-0.2, -0.15) is 11.3 Å². The number of piperazine rings is 1. The van der Waals surface area contributed by atoms with Crippen molar-refractivity contribution in [3.63, 3.8) is 0 Å². The maximum atomic E-state index is 12.5. The Balaban J connectivity index is 1.75. The van der Waals surface area contributed by atoms with Gasteiger partial charge in [0.05, 0.1) is 6.04 Å². The number of carbonyl (C=O) groups excluding carboxylic acids is 1. The Morgan fingerprint density at radius 2 is 2.33 bits per heavy atom. The summed E-state index contributed by atoms with van der Waals surface area (Å²) in [5.41, 5.74) is 1.26.